The number of nitrogens with zero attached hydrogens (tertiary/aromatic N) is 1. The van der Waals surface area contributed by atoms with E-state index >= 15 is 0 Å². The molecule has 0 unspecified atom stereocenters. The first kappa shape index (κ1) is 14.0. The van der Waals surface area contributed by atoms with Crippen molar-refractivity contribution in [3.8, 4) is 0 Å². The van der Waals surface area contributed by atoms with E-state index in [0.717, 1.165) is 6.54 Å². The van der Waals surface area contributed by atoms with Gasteiger partial charge in [0.2, 0.25) is 0 Å². The predicted molar refractivity (Wildman–Crippen MR) is 77.1 cm³/mol. The molecule has 96 valence electrons. The Balaban J connectivity index is 2.98. The number of benzene rings is 1. The quantitative estimate of drug-likeness (QED) is 0.861. The van der Waals surface area contributed by atoms with Crippen molar-refractivity contribution in [1.82, 2.24) is 5.32 Å². The van der Waals surface area contributed by atoms with Gasteiger partial charge in [-0.3, -0.25) is 0 Å². The van der Waals surface area contributed by atoms with Crippen LogP contribution in [0.2, 0.25) is 0 Å². The van der Waals surface area contributed by atoms with E-state index in [1.165, 1.54) is 22.4 Å². The van der Waals surface area contributed by atoms with Gasteiger partial charge in [-0.2, -0.15) is 0 Å². The van der Waals surface area contributed by atoms with Crippen LogP contribution < -0.4 is 10.2 Å². The first-order valence-corrected chi connectivity index (χ1v) is 6.25. The predicted octanol–water partition coefficient (Wildman–Crippen LogP) is 3.05. The van der Waals surface area contributed by atoms with Crippen molar-refractivity contribution in [2.24, 2.45) is 0 Å². The Bertz CT molecular complexity index is 394. The first-order chi connectivity index (χ1) is 7.78. The Morgan fingerprint density at radius 1 is 1.12 bits per heavy atom. The van der Waals surface area contributed by atoms with Crippen LogP contribution in [0, 0.1) is 20.8 Å². The zero-order valence-electron chi connectivity index (χ0n) is 12.3. The summed E-state index contributed by atoms with van der Waals surface area (Å²) in [6.45, 7) is 12.0. The van der Waals surface area contributed by atoms with Gasteiger partial charge in [-0.1, -0.05) is 6.07 Å². The normalized spacial score (nSPS) is 11.7. The molecule has 1 aromatic rings. The number of nitrogens with one attached hydrogen (secondary N) is 1. The maximum atomic E-state index is 3.35. The van der Waals surface area contributed by atoms with Gasteiger partial charge in [-0.05, 0) is 64.4 Å². The van der Waals surface area contributed by atoms with Gasteiger partial charge in [0, 0.05) is 24.8 Å². The zero-order valence-corrected chi connectivity index (χ0v) is 12.3. The van der Waals surface area contributed by atoms with Crippen LogP contribution in [0.5, 0.6) is 0 Å². The van der Waals surface area contributed by atoms with Crippen molar-refractivity contribution in [2.45, 2.75) is 40.2 Å². The SMILES string of the molecule is CNC(C)(C)CN(C)c1ccc(C)c(C)c1C. The van der Waals surface area contributed by atoms with Gasteiger partial charge in [0.15, 0.2) is 0 Å². The Morgan fingerprint density at radius 3 is 2.24 bits per heavy atom. The number of hydrogen-bond donors (Lipinski definition) is 1. The van der Waals surface area contributed by atoms with Crippen LogP contribution in [0.4, 0.5) is 5.69 Å². The second kappa shape index (κ2) is 5.09. The molecule has 0 heterocycles. The molecule has 1 rings (SSSR count). The van der Waals surface area contributed by atoms with E-state index in [0.29, 0.717) is 0 Å². The Morgan fingerprint density at radius 2 is 1.71 bits per heavy atom. The summed E-state index contributed by atoms with van der Waals surface area (Å²) in [5.74, 6) is 0. The molecular weight excluding hydrogens is 208 g/mol. The first-order valence-electron chi connectivity index (χ1n) is 6.25. The fourth-order valence-electron chi connectivity index (χ4n) is 2.11. The molecule has 1 aromatic carbocycles. The summed E-state index contributed by atoms with van der Waals surface area (Å²) in [4.78, 5) is 2.33. The molecule has 0 radical (unpaired) electrons. The van der Waals surface area contributed by atoms with Crippen LogP contribution in [0.25, 0.3) is 0 Å². The van der Waals surface area contributed by atoms with E-state index in [4.69, 9.17) is 0 Å². The number of aryl methyl sites for hydroxylation is 1. The van der Waals surface area contributed by atoms with Crippen LogP contribution in [0.3, 0.4) is 0 Å². The molecule has 0 aliphatic rings. The van der Waals surface area contributed by atoms with Gasteiger partial charge < -0.3 is 10.2 Å². The summed E-state index contributed by atoms with van der Waals surface area (Å²) in [6, 6.07) is 4.43. The van der Waals surface area contributed by atoms with Crippen molar-refractivity contribution in [1.29, 1.82) is 0 Å². The maximum absolute atomic E-state index is 3.35. The lowest BCUT2D eigenvalue weighted by Crippen LogP contribution is -2.46. The van der Waals surface area contributed by atoms with Crippen molar-refractivity contribution in [3.63, 3.8) is 0 Å². The van der Waals surface area contributed by atoms with E-state index < -0.39 is 0 Å². The van der Waals surface area contributed by atoms with E-state index in [2.05, 4.69) is 64.0 Å². The highest BCUT2D eigenvalue weighted by atomic mass is 15.1. The fourth-order valence-corrected chi connectivity index (χ4v) is 2.11. The molecule has 0 aliphatic heterocycles. The summed E-state index contributed by atoms with van der Waals surface area (Å²) >= 11 is 0. The topological polar surface area (TPSA) is 15.3 Å². The molecule has 0 aromatic heterocycles. The smallest absolute Gasteiger partial charge is 0.0396 e. The third-order valence-electron chi connectivity index (χ3n) is 3.75. The summed E-state index contributed by atoms with van der Waals surface area (Å²) in [5.41, 5.74) is 5.61. The summed E-state index contributed by atoms with van der Waals surface area (Å²) < 4.78 is 0. The third kappa shape index (κ3) is 3.22. The second-order valence-electron chi connectivity index (χ2n) is 5.64. The highest BCUT2D eigenvalue weighted by molar-refractivity contribution is 5.57. The van der Waals surface area contributed by atoms with Gasteiger partial charge in [0.1, 0.15) is 0 Å². The lowest BCUT2D eigenvalue weighted by molar-refractivity contribution is 0.428. The van der Waals surface area contributed by atoms with Crippen LogP contribution in [-0.4, -0.2) is 26.2 Å². The molecule has 0 bridgehead atoms. The molecule has 1 N–H and O–H groups in total. The summed E-state index contributed by atoms with van der Waals surface area (Å²) in [7, 11) is 4.18. The van der Waals surface area contributed by atoms with Crippen LogP contribution in [-0.2, 0) is 0 Å². The minimum Gasteiger partial charge on any atom is -0.373 e. The lowest BCUT2D eigenvalue weighted by atomic mass is 10.00. The van der Waals surface area contributed by atoms with E-state index in [-0.39, 0.29) is 5.54 Å². The largest absolute Gasteiger partial charge is 0.373 e. The number of hydrogen-bond acceptors (Lipinski definition) is 2. The molecule has 0 saturated heterocycles. The molecule has 0 saturated carbocycles. The van der Waals surface area contributed by atoms with E-state index in [1.54, 1.807) is 0 Å². The van der Waals surface area contributed by atoms with Gasteiger partial charge in [-0.15, -0.1) is 0 Å². The molecule has 0 aliphatic carbocycles. The van der Waals surface area contributed by atoms with Crippen molar-refractivity contribution in [3.05, 3.63) is 28.8 Å². The average molecular weight is 234 g/mol. The highest BCUT2D eigenvalue weighted by Crippen LogP contribution is 2.25. The fraction of sp³-hybridized carbons (Fsp3) is 0.600. The summed E-state index contributed by atoms with van der Waals surface area (Å²) in [6.07, 6.45) is 0. The molecule has 0 atom stereocenters. The molecule has 0 fully saturated rings. The monoisotopic (exact) mass is 234 g/mol. The van der Waals surface area contributed by atoms with Crippen LogP contribution in [0.15, 0.2) is 12.1 Å². The zero-order chi connectivity index (χ0) is 13.2. The van der Waals surface area contributed by atoms with Gasteiger partial charge in [0.05, 0.1) is 0 Å². The average Bonchev–Trinajstić information content (AvgIpc) is 2.25. The Kier molecular flexibility index (Phi) is 4.21. The van der Waals surface area contributed by atoms with E-state index in [9.17, 15) is 0 Å². The Labute approximate surface area is 106 Å². The second-order valence-corrected chi connectivity index (χ2v) is 5.64. The van der Waals surface area contributed by atoms with Gasteiger partial charge in [0.25, 0.3) is 0 Å². The van der Waals surface area contributed by atoms with Crippen molar-refractivity contribution in [2.75, 3.05) is 25.5 Å². The maximum Gasteiger partial charge on any atom is 0.0396 e. The molecular formula is C15H26N2. The van der Waals surface area contributed by atoms with Gasteiger partial charge >= 0.3 is 0 Å². The standard InChI is InChI=1S/C15H26N2/c1-11-8-9-14(13(3)12(11)2)17(7)10-15(4,5)16-6/h8-9,16H,10H2,1-7H3. The number of rotatable bonds is 4. The van der Waals surface area contributed by atoms with Crippen LogP contribution in [0.1, 0.15) is 30.5 Å². The van der Waals surface area contributed by atoms with Gasteiger partial charge in [-0.25, -0.2) is 0 Å². The highest BCUT2D eigenvalue weighted by Gasteiger charge is 2.18. The third-order valence-corrected chi connectivity index (χ3v) is 3.75. The van der Waals surface area contributed by atoms with Crippen LogP contribution >= 0.6 is 0 Å². The van der Waals surface area contributed by atoms with E-state index in [1.807, 2.05) is 7.05 Å². The lowest BCUT2D eigenvalue weighted by Gasteiger charge is -2.32. The minimum atomic E-state index is 0.125. The molecule has 17 heavy (non-hydrogen) atoms. The molecule has 2 nitrogen and oxygen atoms in total. The summed E-state index contributed by atoms with van der Waals surface area (Å²) in [5, 5.41) is 3.35. The number of anilines is 1. The van der Waals surface area contributed by atoms with Crippen molar-refractivity contribution >= 4 is 5.69 Å². The molecule has 2 heteroatoms. The molecule has 0 amide bonds. The number of likely N-dealkylation sites (N-methyl/N-ethyl adjacent to an activating group) is 2. The molecule has 0 spiro atoms. The minimum absolute atomic E-state index is 0.125. The van der Waals surface area contributed by atoms with Crippen molar-refractivity contribution < 1.29 is 0 Å². The Hall–Kier alpha value is -1.02.